The van der Waals surface area contributed by atoms with E-state index in [1.54, 1.807) is 4.90 Å². The molecule has 0 amide bonds. The van der Waals surface area contributed by atoms with Crippen LogP contribution in [0.15, 0.2) is 18.2 Å². The molecule has 1 aromatic carbocycles. The fourth-order valence-electron chi connectivity index (χ4n) is 2.46. The number of nitro groups is 1. The minimum atomic E-state index is -0.910. The van der Waals surface area contributed by atoms with Crippen LogP contribution in [-0.4, -0.2) is 33.5 Å². The maximum atomic E-state index is 13.8. The van der Waals surface area contributed by atoms with Crippen molar-refractivity contribution in [1.29, 1.82) is 0 Å². The van der Waals surface area contributed by atoms with Crippen LogP contribution in [0.5, 0.6) is 0 Å². The molecule has 1 N–H and O–H groups in total. The van der Waals surface area contributed by atoms with Crippen LogP contribution in [0, 0.1) is 15.9 Å². The average Bonchev–Trinajstić information content (AvgIpc) is 2.41. The summed E-state index contributed by atoms with van der Waals surface area (Å²) in [6.45, 7) is 0.744. The topological polar surface area (TPSA) is 83.7 Å². The lowest BCUT2D eigenvalue weighted by atomic mass is 10.0. The first-order valence-electron chi connectivity index (χ1n) is 6.38. The fraction of sp³-hybridized carbons (Fsp3) is 0.462. The number of rotatable bonds is 4. The smallest absolute Gasteiger partial charge is 0.320 e. The zero-order valence-corrected chi connectivity index (χ0v) is 10.8. The van der Waals surface area contributed by atoms with Crippen LogP contribution < -0.4 is 0 Å². The molecular formula is C13H15FN2O4. The number of carbonyl (C=O) groups is 1. The second kappa shape index (κ2) is 5.96. The first kappa shape index (κ1) is 14.4. The van der Waals surface area contributed by atoms with Gasteiger partial charge in [-0.1, -0.05) is 6.42 Å². The number of carboxylic acids is 1. The number of carboxylic acid groups (broad SMARTS) is 1. The van der Waals surface area contributed by atoms with Gasteiger partial charge in [-0.3, -0.25) is 19.8 Å². The lowest BCUT2D eigenvalue weighted by molar-refractivity contribution is -0.385. The van der Waals surface area contributed by atoms with Crippen LogP contribution in [0.4, 0.5) is 10.1 Å². The van der Waals surface area contributed by atoms with E-state index in [-0.39, 0.29) is 17.8 Å². The second-order valence-corrected chi connectivity index (χ2v) is 4.85. The van der Waals surface area contributed by atoms with Crippen LogP contribution >= 0.6 is 0 Å². The minimum absolute atomic E-state index is 0.154. The van der Waals surface area contributed by atoms with Crippen molar-refractivity contribution in [3.05, 3.63) is 39.7 Å². The quantitative estimate of drug-likeness (QED) is 0.676. The van der Waals surface area contributed by atoms with Gasteiger partial charge in [0, 0.05) is 18.2 Å². The number of hydrogen-bond acceptors (Lipinski definition) is 4. The van der Waals surface area contributed by atoms with Gasteiger partial charge >= 0.3 is 5.97 Å². The second-order valence-electron chi connectivity index (χ2n) is 4.85. The Bertz CT molecular complexity index is 535. The molecule has 0 aromatic heterocycles. The van der Waals surface area contributed by atoms with Gasteiger partial charge in [-0.15, -0.1) is 0 Å². The van der Waals surface area contributed by atoms with E-state index in [0.29, 0.717) is 13.0 Å². The number of benzene rings is 1. The molecule has 1 heterocycles. The summed E-state index contributed by atoms with van der Waals surface area (Å²) in [5.74, 6) is -1.58. The van der Waals surface area contributed by atoms with Gasteiger partial charge in [-0.25, -0.2) is 4.39 Å². The van der Waals surface area contributed by atoms with Crippen molar-refractivity contribution in [3.63, 3.8) is 0 Å². The van der Waals surface area contributed by atoms with Crippen LogP contribution in [-0.2, 0) is 11.3 Å². The maximum Gasteiger partial charge on any atom is 0.320 e. The molecule has 108 valence electrons. The number of aliphatic carboxylic acids is 1. The number of piperidine rings is 1. The van der Waals surface area contributed by atoms with Gasteiger partial charge < -0.3 is 5.11 Å². The molecule has 1 saturated heterocycles. The molecule has 0 aliphatic carbocycles. The highest BCUT2D eigenvalue weighted by Gasteiger charge is 2.29. The van der Waals surface area contributed by atoms with E-state index in [9.17, 15) is 19.3 Å². The predicted molar refractivity (Wildman–Crippen MR) is 68.7 cm³/mol. The third kappa shape index (κ3) is 3.11. The molecule has 2 rings (SSSR count). The summed E-state index contributed by atoms with van der Waals surface area (Å²) in [5, 5.41) is 19.7. The summed E-state index contributed by atoms with van der Waals surface area (Å²) in [4.78, 5) is 22.8. The molecule has 0 bridgehead atoms. The molecule has 1 aliphatic rings. The molecule has 20 heavy (non-hydrogen) atoms. The average molecular weight is 282 g/mol. The summed E-state index contributed by atoms with van der Waals surface area (Å²) in [6.07, 6.45) is 2.26. The SMILES string of the molecule is O=C(O)[C@H]1CCCCN1Cc1ccc([N+](=O)[O-])cc1F. The Morgan fingerprint density at radius 2 is 2.25 bits per heavy atom. The summed E-state index contributed by atoms with van der Waals surface area (Å²) < 4.78 is 13.8. The Morgan fingerprint density at radius 3 is 2.85 bits per heavy atom. The van der Waals surface area contributed by atoms with Crippen molar-refractivity contribution in [2.45, 2.75) is 31.8 Å². The van der Waals surface area contributed by atoms with Crippen molar-refractivity contribution < 1.29 is 19.2 Å². The van der Waals surface area contributed by atoms with Crippen molar-refractivity contribution in [2.24, 2.45) is 0 Å². The third-order valence-corrected chi connectivity index (χ3v) is 3.52. The van der Waals surface area contributed by atoms with Gasteiger partial charge in [0.25, 0.3) is 5.69 Å². The Kier molecular flexibility index (Phi) is 4.29. The molecule has 7 heteroatoms. The Morgan fingerprint density at radius 1 is 1.50 bits per heavy atom. The lowest BCUT2D eigenvalue weighted by Gasteiger charge is -2.32. The molecule has 1 aliphatic heterocycles. The van der Waals surface area contributed by atoms with Gasteiger partial charge in [0.15, 0.2) is 0 Å². The Balaban J connectivity index is 2.16. The number of nitrogens with zero attached hydrogens (tertiary/aromatic N) is 2. The number of likely N-dealkylation sites (tertiary alicyclic amines) is 1. The summed E-state index contributed by atoms with van der Waals surface area (Å²) in [5.41, 5.74) is -0.0246. The molecule has 1 aromatic rings. The van der Waals surface area contributed by atoms with Crippen LogP contribution in [0.2, 0.25) is 0 Å². The Labute approximate surface area is 115 Å². The van der Waals surface area contributed by atoms with Gasteiger partial charge in [-0.05, 0) is 25.5 Å². The molecule has 0 saturated carbocycles. The van der Waals surface area contributed by atoms with Gasteiger partial charge in [0.1, 0.15) is 11.9 Å². The fourth-order valence-corrected chi connectivity index (χ4v) is 2.46. The van der Waals surface area contributed by atoms with Crippen molar-refractivity contribution in [1.82, 2.24) is 4.90 Å². The van der Waals surface area contributed by atoms with E-state index in [4.69, 9.17) is 5.11 Å². The Hall–Kier alpha value is -2.02. The normalized spacial score (nSPS) is 19.8. The highest BCUT2D eigenvalue weighted by atomic mass is 19.1. The lowest BCUT2D eigenvalue weighted by Crippen LogP contribution is -2.44. The highest BCUT2D eigenvalue weighted by Crippen LogP contribution is 2.23. The molecule has 0 radical (unpaired) electrons. The first-order chi connectivity index (χ1) is 9.49. The number of hydrogen-bond donors (Lipinski definition) is 1. The molecule has 6 nitrogen and oxygen atoms in total. The summed E-state index contributed by atoms with van der Waals surface area (Å²) >= 11 is 0. The highest BCUT2D eigenvalue weighted by molar-refractivity contribution is 5.73. The van der Waals surface area contributed by atoms with E-state index in [2.05, 4.69) is 0 Å². The van der Waals surface area contributed by atoms with Crippen LogP contribution in [0.25, 0.3) is 0 Å². The zero-order valence-electron chi connectivity index (χ0n) is 10.8. The van der Waals surface area contributed by atoms with E-state index in [0.717, 1.165) is 18.9 Å². The number of halogens is 1. The zero-order chi connectivity index (χ0) is 14.7. The van der Waals surface area contributed by atoms with Crippen LogP contribution in [0.3, 0.4) is 0 Å². The molecule has 0 unspecified atom stereocenters. The molecule has 0 spiro atoms. The van der Waals surface area contributed by atoms with Crippen molar-refractivity contribution in [3.8, 4) is 0 Å². The maximum absolute atomic E-state index is 13.8. The largest absolute Gasteiger partial charge is 0.480 e. The molecular weight excluding hydrogens is 267 g/mol. The summed E-state index contributed by atoms with van der Waals surface area (Å²) in [6, 6.07) is 2.84. The molecule has 1 atom stereocenters. The summed E-state index contributed by atoms with van der Waals surface area (Å²) in [7, 11) is 0. The molecule has 1 fully saturated rings. The third-order valence-electron chi connectivity index (χ3n) is 3.52. The van der Waals surface area contributed by atoms with E-state index < -0.39 is 22.8 Å². The number of nitro benzene ring substituents is 1. The van der Waals surface area contributed by atoms with Crippen molar-refractivity contribution >= 4 is 11.7 Å². The van der Waals surface area contributed by atoms with Gasteiger partial charge in [-0.2, -0.15) is 0 Å². The van der Waals surface area contributed by atoms with Gasteiger partial charge in [0.2, 0.25) is 0 Å². The first-order valence-corrected chi connectivity index (χ1v) is 6.38. The van der Waals surface area contributed by atoms with Crippen molar-refractivity contribution in [2.75, 3.05) is 6.54 Å². The minimum Gasteiger partial charge on any atom is -0.480 e. The number of non-ortho nitro benzene ring substituents is 1. The van der Waals surface area contributed by atoms with E-state index in [1.165, 1.54) is 12.1 Å². The van der Waals surface area contributed by atoms with E-state index >= 15 is 0 Å². The van der Waals surface area contributed by atoms with E-state index in [1.807, 2.05) is 0 Å². The standard InChI is InChI=1S/C13H15FN2O4/c14-11-7-10(16(19)20)5-4-9(11)8-15-6-2-1-3-12(15)13(17)18/h4-5,7,12H,1-3,6,8H2,(H,17,18)/t12-/m1/s1. The predicted octanol–water partition coefficient (Wildman–Crippen LogP) is 2.17. The van der Waals surface area contributed by atoms with Gasteiger partial charge in [0.05, 0.1) is 11.0 Å². The monoisotopic (exact) mass is 282 g/mol. The van der Waals surface area contributed by atoms with Crippen LogP contribution in [0.1, 0.15) is 24.8 Å².